The van der Waals surface area contributed by atoms with Gasteiger partial charge in [0.2, 0.25) is 0 Å². The van der Waals surface area contributed by atoms with Crippen LogP contribution in [0.5, 0.6) is 0 Å². The standard InChI is InChI=1S/C11H13F2N3O2/c1-2-18-10(17)8-9(15-5-4-14-8)16-6-3-11(12,13)7-16/h4-5H,2-3,6-7H2,1H3. The van der Waals surface area contributed by atoms with Gasteiger partial charge in [-0.3, -0.25) is 0 Å². The Bertz CT molecular complexity index is 454. The third kappa shape index (κ3) is 2.55. The van der Waals surface area contributed by atoms with E-state index in [0.717, 1.165) is 0 Å². The molecule has 1 fully saturated rings. The molecule has 18 heavy (non-hydrogen) atoms. The van der Waals surface area contributed by atoms with Crippen LogP contribution < -0.4 is 4.90 Å². The lowest BCUT2D eigenvalue weighted by Gasteiger charge is -2.18. The molecule has 0 aliphatic carbocycles. The van der Waals surface area contributed by atoms with E-state index < -0.39 is 18.4 Å². The summed E-state index contributed by atoms with van der Waals surface area (Å²) in [6.07, 6.45) is 2.46. The Morgan fingerprint density at radius 3 is 2.83 bits per heavy atom. The summed E-state index contributed by atoms with van der Waals surface area (Å²) < 4.78 is 31.1. The van der Waals surface area contributed by atoms with E-state index >= 15 is 0 Å². The summed E-state index contributed by atoms with van der Waals surface area (Å²) in [5, 5.41) is 0. The lowest BCUT2D eigenvalue weighted by molar-refractivity contribution is 0.0255. The molecule has 1 aliphatic heterocycles. The van der Waals surface area contributed by atoms with E-state index in [-0.39, 0.29) is 31.1 Å². The Kier molecular flexibility index (Phi) is 3.40. The van der Waals surface area contributed by atoms with Gasteiger partial charge in [0, 0.05) is 25.4 Å². The first-order valence-electron chi connectivity index (χ1n) is 5.64. The predicted octanol–water partition coefficient (Wildman–Crippen LogP) is 1.50. The van der Waals surface area contributed by atoms with Gasteiger partial charge in [0.25, 0.3) is 5.92 Å². The van der Waals surface area contributed by atoms with Crippen molar-refractivity contribution < 1.29 is 18.3 Å². The molecule has 0 atom stereocenters. The number of halogens is 2. The first kappa shape index (κ1) is 12.7. The van der Waals surface area contributed by atoms with Crippen LogP contribution in [0.4, 0.5) is 14.6 Å². The summed E-state index contributed by atoms with van der Waals surface area (Å²) in [4.78, 5) is 20.8. The van der Waals surface area contributed by atoms with Crippen LogP contribution in [0.2, 0.25) is 0 Å². The summed E-state index contributed by atoms with van der Waals surface area (Å²) in [7, 11) is 0. The number of hydrogen-bond acceptors (Lipinski definition) is 5. The molecule has 98 valence electrons. The number of carbonyl (C=O) groups is 1. The number of alkyl halides is 2. The number of hydrogen-bond donors (Lipinski definition) is 0. The lowest BCUT2D eigenvalue weighted by atomic mass is 10.3. The second kappa shape index (κ2) is 4.83. The molecule has 0 aromatic carbocycles. The van der Waals surface area contributed by atoms with Gasteiger partial charge in [-0.15, -0.1) is 0 Å². The van der Waals surface area contributed by atoms with E-state index in [1.807, 2.05) is 0 Å². The second-order valence-corrected chi connectivity index (χ2v) is 3.98. The van der Waals surface area contributed by atoms with Crippen molar-refractivity contribution in [1.82, 2.24) is 9.97 Å². The molecule has 0 radical (unpaired) electrons. The molecule has 1 saturated heterocycles. The maximum atomic E-state index is 13.2. The summed E-state index contributed by atoms with van der Waals surface area (Å²) in [6.45, 7) is 1.57. The molecule has 0 bridgehead atoms. The minimum Gasteiger partial charge on any atom is -0.461 e. The van der Waals surface area contributed by atoms with Crippen LogP contribution in [-0.4, -0.2) is 41.6 Å². The lowest BCUT2D eigenvalue weighted by Crippen LogP contribution is -2.28. The highest BCUT2D eigenvalue weighted by molar-refractivity contribution is 5.92. The highest BCUT2D eigenvalue weighted by Crippen LogP contribution is 2.30. The Morgan fingerprint density at radius 1 is 1.50 bits per heavy atom. The Hall–Kier alpha value is -1.79. The van der Waals surface area contributed by atoms with Gasteiger partial charge >= 0.3 is 5.97 Å². The van der Waals surface area contributed by atoms with Crippen molar-refractivity contribution in [1.29, 1.82) is 0 Å². The highest BCUT2D eigenvalue weighted by Gasteiger charge is 2.40. The van der Waals surface area contributed by atoms with E-state index in [2.05, 4.69) is 9.97 Å². The van der Waals surface area contributed by atoms with E-state index in [0.29, 0.717) is 0 Å². The Morgan fingerprint density at radius 2 is 2.22 bits per heavy atom. The minimum atomic E-state index is -2.75. The van der Waals surface area contributed by atoms with Crippen molar-refractivity contribution in [2.45, 2.75) is 19.3 Å². The summed E-state index contributed by atoms with van der Waals surface area (Å²) >= 11 is 0. The van der Waals surface area contributed by atoms with Crippen molar-refractivity contribution in [3.63, 3.8) is 0 Å². The maximum absolute atomic E-state index is 13.2. The van der Waals surface area contributed by atoms with Crippen molar-refractivity contribution in [3.8, 4) is 0 Å². The van der Waals surface area contributed by atoms with Crippen molar-refractivity contribution >= 4 is 11.8 Å². The molecule has 0 spiro atoms. The molecule has 0 amide bonds. The van der Waals surface area contributed by atoms with E-state index in [4.69, 9.17) is 4.74 Å². The molecular weight excluding hydrogens is 244 g/mol. The van der Waals surface area contributed by atoms with Crippen molar-refractivity contribution in [3.05, 3.63) is 18.1 Å². The van der Waals surface area contributed by atoms with Gasteiger partial charge in [-0.1, -0.05) is 0 Å². The van der Waals surface area contributed by atoms with Crippen LogP contribution in [-0.2, 0) is 4.74 Å². The van der Waals surface area contributed by atoms with Crippen LogP contribution in [0.15, 0.2) is 12.4 Å². The second-order valence-electron chi connectivity index (χ2n) is 3.98. The highest BCUT2D eigenvalue weighted by atomic mass is 19.3. The van der Waals surface area contributed by atoms with Gasteiger partial charge in [-0.25, -0.2) is 23.5 Å². The molecule has 2 heterocycles. The number of nitrogens with zero attached hydrogens (tertiary/aromatic N) is 3. The van der Waals surface area contributed by atoms with Gasteiger partial charge in [0.05, 0.1) is 13.2 Å². The zero-order valence-electron chi connectivity index (χ0n) is 9.90. The fraction of sp³-hybridized carbons (Fsp3) is 0.545. The topological polar surface area (TPSA) is 55.3 Å². The molecular formula is C11H13F2N3O2. The normalized spacial score (nSPS) is 17.8. The summed E-state index contributed by atoms with van der Waals surface area (Å²) in [5.74, 6) is -3.23. The van der Waals surface area contributed by atoms with Crippen LogP contribution >= 0.6 is 0 Å². The van der Waals surface area contributed by atoms with Crippen LogP contribution in [0.3, 0.4) is 0 Å². The fourth-order valence-electron chi connectivity index (χ4n) is 1.82. The number of aromatic nitrogens is 2. The molecule has 0 unspecified atom stereocenters. The smallest absolute Gasteiger partial charge is 0.360 e. The Labute approximate surface area is 103 Å². The van der Waals surface area contributed by atoms with Crippen molar-refractivity contribution in [2.75, 3.05) is 24.6 Å². The van der Waals surface area contributed by atoms with Crippen LogP contribution in [0, 0.1) is 0 Å². The quantitative estimate of drug-likeness (QED) is 0.768. The molecule has 5 nitrogen and oxygen atoms in total. The monoisotopic (exact) mass is 257 g/mol. The minimum absolute atomic E-state index is 0.0166. The molecule has 0 N–H and O–H groups in total. The zero-order valence-corrected chi connectivity index (χ0v) is 9.90. The number of esters is 1. The molecule has 7 heteroatoms. The molecule has 1 aromatic rings. The van der Waals surface area contributed by atoms with E-state index in [1.165, 1.54) is 17.3 Å². The van der Waals surface area contributed by atoms with Gasteiger partial charge in [-0.2, -0.15) is 0 Å². The van der Waals surface area contributed by atoms with E-state index in [9.17, 15) is 13.6 Å². The fourth-order valence-corrected chi connectivity index (χ4v) is 1.82. The largest absolute Gasteiger partial charge is 0.461 e. The first-order chi connectivity index (χ1) is 8.53. The zero-order chi connectivity index (χ0) is 13.2. The summed E-state index contributed by atoms with van der Waals surface area (Å²) in [6, 6.07) is 0. The molecule has 2 rings (SSSR count). The first-order valence-corrected chi connectivity index (χ1v) is 5.64. The summed E-state index contributed by atoms with van der Waals surface area (Å²) in [5.41, 5.74) is -0.0166. The van der Waals surface area contributed by atoms with E-state index in [1.54, 1.807) is 6.92 Å². The molecule has 0 saturated carbocycles. The van der Waals surface area contributed by atoms with Crippen LogP contribution in [0.25, 0.3) is 0 Å². The Balaban J connectivity index is 2.26. The molecule has 1 aromatic heterocycles. The van der Waals surface area contributed by atoms with Gasteiger partial charge in [0.15, 0.2) is 11.5 Å². The third-order valence-corrected chi connectivity index (χ3v) is 2.62. The number of carbonyl (C=O) groups excluding carboxylic acids is 1. The number of ether oxygens (including phenoxy) is 1. The number of rotatable bonds is 3. The van der Waals surface area contributed by atoms with Gasteiger partial charge in [0.1, 0.15) is 0 Å². The average molecular weight is 257 g/mol. The predicted molar refractivity (Wildman–Crippen MR) is 59.8 cm³/mol. The third-order valence-electron chi connectivity index (χ3n) is 2.62. The SMILES string of the molecule is CCOC(=O)c1nccnc1N1CCC(F)(F)C1. The maximum Gasteiger partial charge on any atom is 0.360 e. The molecule has 1 aliphatic rings. The van der Waals surface area contributed by atoms with Gasteiger partial charge in [-0.05, 0) is 6.92 Å². The van der Waals surface area contributed by atoms with Gasteiger partial charge < -0.3 is 9.64 Å². The number of anilines is 1. The van der Waals surface area contributed by atoms with Crippen molar-refractivity contribution in [2.24, 2.45) is 0 Å². The average Bonchev–Trinajstić information content (AvgIpc) is 2.70. The van der Waals surface area contributed by atoms with Crippen LogP contribution in [0.1, 0.15) is 23.8 Å².